The first kappa shape index (κ1) is 9.94. The third kappa shape index (κ3) is 1.92. The van der Waals surface area contributed by atoms with E-state index in [4.69, 9.17) is 9.47 Å². The van der Waals surface area contributed by atoms with Crippen LogP contribution in [-0.4, -0.2) is 29.7 Å². The molecule has 2 fully saturated rings. The van der Waals surface area contributed by atoms with E-state index in [1.165, 1.54) is 12.8 Å². The van der Waals surface area contributed by atoms with Gasteiger partial charge in [0.2, 0.25) is 0 Å². The second-order valence-corrected chi connectivity index (χ2v) is 4.89. The number of hydrogen-bond acceptors (Lipinski definition) is 2. The molecule has 0 radical (unpaired) electrons. The quantitative estimate of drug-likeness (QED) is 0.700. The molecule has 0 N–H and O–H groups in total. The molecule has 2 nitrogen and oxygen atoms in total. The number of rotatable bonds is 2. The molecule has 0 aromatic rings. The average molecular weight is 249 g/mol. The van der Waals surface area contributed by atoms with Crippen molar-refractivity contribution in [1.29, 1.82) is 0 Å². The zero-order valence-electron chi connectivity index (χ0n) is 8.09. The highest BCUT2D eigenvalue weighted by Gasteiger charge is 2.42. The fraction of sp³-hybridized carbons (Fsp3) is 1.00. The summed E-state index contributed by atoms with van der Waals surface area (Å²) >= 11 is 3.46. The maximum absolute atomic E-state index is 5.93. The van der Waals surface area contributed by atoms with Crippen molar-refractivity contribution in [2.24, 2.45) is 0 Å². The largest absolute Gasteiger partial charge is 0.373 e. The summed E-state index contributed by atoms with van der Waals surface area (Å²) in [5, 5.41) is 0.958. The number of halogens is 1. The molecule has 2 aliphatic rings. The van der Waals surface area contributed by atoms with Crippen molar-refractivity contribution in [3.63, 3.8) is 0 Å². The second-order valence-electron chi connectivity index (χ2n) is 4.24. The van der Waals surface area contributed by atoms with Crippen LogP contribution in [0.1, 0.15) is 32.6 Å². The summed E-state index contributed by atoms with van der Waals surface area (Å²) in [7, 11) is 0. The van der Waals surface area contributed by atoms with Crippen molar-refractivity contribution in [2.45, 2.75) is 50.4 Å². The smallest absolute Gasteiger partial charge is 0.0915 e. The lowest BCUT2D eigenvalue weighted by Gasteiger charge is -2.30. The Bertz CT molecular complexity index is 178. The van der Waals surface area contributed by atoms with E-state index in [2.05, 4.69) is 22.9 Å². The highest BCUT2D eigenvalue weighted by molar-refractivity contribution is 9.09. The van der Waals surface area contributed by atoms with E-state index in [0.29, 0.717) is 12.2 Å². The highest BCUT2D eigenvalue weighted by Crippen LogP contribution is 2.37. The number of hydrogen-bond donors (Lipinski definition) is 0. The van der Waals surface area contributed by atoms with E-state index in [9.17, 15) is 0 Å². The number of ether oxygens (including phenoxy) is 2. The lowest BCUT2D eigenvalue weighted by atomic mass is 9.93. The van der Waals surface area contributed by atoms with Gasteiger partial charge in [0.25, 0.3) is 0 Å². The van der Waals surface area contributed by atoms with Gasteiger partial charge in [-0.25, -0.2) is 0 Å². The van der Waals surface area contributed by atoms with Gasteiger partial charge >= 0.3 is 0 Å². The van der Waals surface area contributed by atoms with Crippen molar-refractivity contribution >= 4 is 15.9 Å². The molecular weight excluding hydrogens is 232 g/mol. The second kappa shape index (κ2) is 3.87. The van der Waals surface area contributed by atoms with Crippen LogP contribution in [0.3, 0.4) is 0 Å². The fourth-order valence-corrected chi connectivity index (χ4v) is 2.80. The molecule has 76 valence electrons. The summed E-state index contributed by atoms with van der Waals surface area (Å²) < 4.78 is 11.7. The van der Waals surface area contributed by atoms with E-state index in [1.807, 2.05) is 0 Å². The summed E-state index contributed by atoms with van der Waals surface area (Å²) in [4.78, 5) is 0. The standard InChI is InChI=1S/C10H17BrO2/c1-10(5-2-6-12-10)9-4-3-8(7-11)13-9/h8-9H,2-7H2,1H3. The lowest BCUT2D eigenvalue weighted by Crippen LogP contribution is -2.38. The minimum Gasteiger partial charge on any atom is -0.373 e. The van der Waals surface area contributed by atoms with Crippen molar-refractivity contribution < 1.29 is 9.47 Å². The first-order chi connectivity index (χ1) is 6.24. The molecule has 3 unspecified atom stereocenters. The predicted octanol–water partition coefficient (Wildman–Crippen LogP) is 2.50. The first-order valence-corrected chi connectivity index (χ1v) is 6.22. The molecular formula is C10H17BrO2. The summed E-state index contributed by atoms with van der Waals surface area (Å²) in [5.74, 6) is 0. The molecule has 0 aliphatic carbocycles. The van der Waals surface area contributed by atoms with Gasteiger partial charge in [-0.15, -0.1) is 0 Å². The fourth-order valence-electron chi connectivity index (χ4n) is 2.32. The summed E-state index contributed by atoms with van der Waals surface area (Å²) in [6, 6.07) is 0. The summed E-state index contributed by atoms with van der Waals surface area (Å²) in [6.07, 6.45) is 5.42. The highest BCUT2D eigenvalue weighted by atomic mass is 79.9. The molecule has 13 heavy (non-hydrogen) atoms. The molecule has 2 saturated heterocycles. The number of alkyl halides is 1. The SMILES string of the molecule is CC1(C2CCC(CBr)O2)CCCO1. The summed E-state index contributed by atoms with van der Waals surface area (Å²) in [6.45, 7) is 3.11. The summed E-state index contributed by atoms with van der Waals surface area (Å²) in [5.41, 5.74) is 0.0108. The zero-order chi connectivity index (χ0) is 9.31. The van der Waals surface area contributed by atoms with E-state index in [0.717, 1.165) is 24.8 Å². The molecule has 0 amide bonds. The molecule has 3 atom stereocenters. The molecule has 2 heterocycles. The van der Waals surface area contributed by atoms with Crippen LogP contribution >= 0.6 is 15.9 Å². The molecule has 0 aromatic heterocycles. The third-order valence-corrected chi connectivity index (χ3v) is 3.93. The molecule has 2 rings (SSSR count). The Balaban J connectivity index is 1.94. The maximum Gasteiger partial charge on any atom is 0.0915 e. The lowest BCUT2D eigenvalue weighted by molar-refractivity contribution is -0.0998. The van der Waals surface area contributed by atoms with Crippen molar-refractivity contribution in [3.8, 4) is 0 Å². The van der Waals surface area contributed by atoms with Crippen molar-refractivity contribution in [1.82, 2.24) is 0 Å². The maximum atomic E-state index is 5.93. The predicted molar refractivity (Wildman–Crippen MR) is 55.3 cm³/mol. The molecule has 0 saturated carbocycles. The minimum absolute atomic E-state index is 0.0108. The third-order valence-electron chi connectivity index (χ3n) is 3.21. The van der Waals surface area contributed by atoms with E-state index >= 15 is 0 Å². The molecule has 0 spiro atoms. The van der Waals surface area contributed by atoms with Gasteiger partial charge in [0.05, 0.1) is 17.8 Å². The van der Waals surface area contributed by atoms with Crippen LogP contribution in [0, 0.1) is 0 Å². The zero-order valence-corrected chi connectivity index (χ0v) is 9.68. The molecule has 0 bridgehead atoms. The molecule has 3 heteroatoms. The van der Waals surface area contributed by atoms with Crippen LogP contribution in [0.5, 0.6) is 0 Å². The monoisotopic (exact) mass is 248 g/mol. The van der Waals surface area contributed by atoms with Gasteiger partial charge < -0.3 is 9.47 Å². The first-order valence-electron chi connectivity index (χ1n) is 5.10. The topological polar surface area (TPSA) is 18.5 Å². The van der Waals surface area contributed by atoms with Crippen LogP contribution in [0.2, 0.25) is 0 Å². The Labute approximate surface area is 88.1 Å². The van der Waals surface area contributed by atoms with Gasteiger partial charge in [0.1, 0.15) is 0 Å². The Morgan fingerprint density at radius 1 is 1.46 bits per heavy atom. The van der Waals surface area contributed by atoms with Gasteiger partial charge in [-0.05, 0) is 32.6 Å². The van der Waals surface area contributed by atoms with E-state index < -0.39 is 0 Å². The van der Waals surface area contributed by atoms with Gasteiger partial charge in [0, 0.05) is 11.9 Å². The van der Waals surface area contributed by atoms with Crippen molar-refractivity contribution in [3.05, 3.63) is 0 Å². The molecule has 2 aliphatic heterocycles. The minimum atomic E-state index is 0.0108. The van der Waals surface area contributed by atoms with Gasteiger partial charge in [-0.3, -0.25) is 0 Å². The van der Waals surface area contributed by atoms with Crippen LogP contribution < -0.4 is 0 Å². The Kier molecular flexibility index (Phi) is 2.96. The Morgan fingerprint density at radius 2 is 2.31 bits per heavy atom. The van der Waals surface area contributed by atoms with Crippen LogP contribution in [0.25, 0.3) is 0 Å². The molecule has 0 aromatic carbocycles. The van der Waals surface area contributed by atoms with E-state index in [-0.39, 0.29) is 5.60 Å². The Hall–Kier alpha value is 0.400. The van der Waals surface area contributed by atoms with Crippen LogP contribution in [0.4, 0.5) is 0 Å². The van der Waals surface area contributed by atoms with Crippen molar-refractivity contribution in [2.75, 3.05) is 11.9 Å². The van der Waals surface area contributed by atoms with Crippen LogP contribution in [-0.2, 0) is 9.47 Å². The van der Waals surface area contributed by atoms with Gasteiger partial charge in [-0.2, -0.15) is 0 Å². The Morgan fingerprint density at radius 3 is 2.85 bits per heavy atom. The van der Waals surface area contributed by atoms with Crippen LogP contribution in [0.15, 0.2) is 0 Å². The van der Waals surface area contributed by atoms with E-state index in [1.54, 1.807) is 0 Å². The average Bonchev–Trinajstić information content (AvgIpc) is 2.72. The van der Waals surface area contributed by atoms with Gasteiger partial charge in [0.15, 0.2) is 0 Å². The van der Waals surface area contributed by atoms with Gasteiger partial charge in [-0.1, -0.05) is 15.9 Å². The normalized spacial score (nSPS) is 45.7.